The SMILES string of the molecule is CC(Cc1ccccc1)=C(NN1CCOCC1)c1ccccc1. The number of benzene rings is 2. The summed E-state index contributed by atoms with van der Waals surface area (Å²) in [5, 5.41) is 2.25. The molecule has 1 aliphatic rings. The minimum Gasteiger partial charge on any atom is -0.379 e. The smallest absolute Gasteiger partial charge is 0.0612 e. The van der Waals surface area contributed by atoms with Crippen molar-refractivity contribution in [2.75, 3.05) is 26.3 Å². The van der Waals surface area contributed by atoms with Crippen LogP contribution < -0.4 is 5.43 Å². The molecule has 1 aliphatic heterocycles. The van der Waals surface area contributed by atoms with Gasteiger partial charge >= 0.3 is 0 Å². The summed E-state index contributed by atoms with van der Waals surface area (Å²) in [7, 11) is 0. The van der Waals surface area contributed by atoms with Gasteiger partial charge in [-0.05, 0) is 30.0 Å². The number of hydrazine groups is 1. The van der Waals surface area contributed by atoms with Gasteiger partial charge in [-0.2, -0.15) is 0 Å². The Labute approximate surface area is 138 Å². The third kappa shape index (κ3) is 4.44. The molecular weight excluding hydrogens is 284 g/mol. The third-order valence-corrected chi connectivity index (χ3v) is 4.08. The van der Waals surface area contributed by atoms with Gasteiger partial charge in [0.2, 0.25) is 0 Å². The Hall–Kier alpha value is -2.10. The predicted octanol–water partition coefficient (Wildman–Crippen LogP) is 3.50. The van der Waals surface area contributed by atoms with Crippen molar-refractivity contribution in [2.24, 2.45) is 0 Å². The number of rotatable bonds is 5. The molecule has 0 unspecified atom stereocenters. The molecule has 120 valence electrons. The molecule has 1 N–H and O–H groups in total. The van der Waals surface area contributed by atoms with E-state index in [-0.39, 0.29) is 0 Å². The Bertz CT molecular complexity index is 631. The first kappa shape index (κ1) is 15.8. The van der Waals surface area contributed by atoms with Crippen molar-refractivity contribution in [2.45, 2.75) is 13.3 Å². The lowest BCUT2D eigenvalue weighted by atomic mass is 10.0. The quantitative estimate of drug-likeness (QED) is 0.915. The summed E-state index contributed by atoms with van der Waals surface area (Å²) in [6.45, 7) is 5.60. The van der Waals surface area contributed by atoms with E-state index in [9.17, 15) is 0 Å². The first-order valence-corrected chi connectivity index (χ1v) is 8.21. The number of hydrogen-bond acceptors (Lipinski definition) is 3. The van der Waals surface area contributed by atoms with E-state index in [1.807, 2.05) is 0 Å². The molecule has 3 rings (SSSR count). The van der Waals surface area contributed by atoms with Crippen molar-refractivity contribution in [3.05, 3.63) is 77.4 Å². The van der Waals surface area contributed by atoms with Crippen LogP contribution >= 0.6 is 0 Å². The van der Waals surface area contributed by atoms with Crippen LogP contribution in [0.2, 0.25) is 0 Å². The van der Waals surface area contributed by atoms with E-state index in [0.29, 0.717) is 0 Å². The summed E-state index contributed by atoms with van der Waals surface area (Å²) in [6.07, 6.45) is 0.947. The zero-order valence-corrected chi connectivity index (χ0v) is 13.7. The van der Waals surface area contributed by atoms with Crippen LogP contribution in [-0.4, -0.2) is 31.3 Å². The number of ether oxygens (including phenoxy) is 1. The number of nitrogens with zero attached hydrogens (tertiary/aromatic N) is 1. The minimum atomic E-state index is 0.785. The number of morpholine rings is 1. The Morgan fingerprint density at radius 3 is 2.22 bits per heavy atom. The first-order chi connectivity index (χ1) is 11.3. The van der Waals surface area contributed by atoms with Crippen molar-refractivity contribution in [3.8, 4) is 0 Å². The summed E-state index contributed by atoms with van der Waals surface area (Å²) in [5.41, 5.74) is 8.74. The fourth-order valence-corrected chi connectivity index (χ4v) is 2.83. The predicted molar refractivity (Wildman–Crippen MR) is 94.7 cm³/mol. The minimum absolute atomic E-state index is 0.785. The van der Waals surface area contributed by atoms with Gasteiger partial charge in [-0.15, -0.1) is 0 Å². The van der Waals surface area contributed by atoms with Gasteiger partial charge < -0.3 is 10.2 Å². The van der Waals surface area contributed by atoms with E-state index in [0.717, 1.165) is 32.7 Å². The highest BCUT2D eigenvalue weighted by molar-refractivity contribution is 5.66. The van der Waals surface area contributed by atoms with Gasteiger partial charge in [0.15, 0.2) is 0 Å². The van der Waals surface area contributed by atoms with Crippen molar-refractivity contribution in [3.63, 3.8) is 0 Å². The summed E-state index contributed by atoms with van der Waals surface area (Å²) >= 11 is 0. The molecule has 0 radical (unpaired) electrons. The summed E-state index contributed by atoms with van der Waals surface area (Å²) in [6, 6.07) is 21.2. The molecule has 3 nitrogen and oxygen atoms in total. The zero-order chi connectivity index (χ0) is 15.9. The Morgan fingerprint density at radius 2 is 1.57 bits per heavy atom. The fourth-order valence-electron chi connectivity index (χ4n) is 2.83. The number of allylic oxidation sites excluding steroid dienone is 1. The lowest BCUT2D eigenvalue weighted by Crippen LogP contribution is -2.45. The molecule has 0 aromatic heterocycles. The summed E-state index contributed by atoms with van der Waals surface area (Å²) < 4.78 is 5.45. The maximum atomic E-state index is 5.45. The van der Waals surface area contributed by atoms with Gasteiger partial charge in [-0.25, -0.2) is 5.01 Å². The van der Waals surface area contributed by atoms with Crippen LogP contribution in [-0.2, 0) is 11.2 Å². The van der Waals surface area contributed by atoms with E-state index in [1.54, 1.807) is 0 Å². The molecule has 0 aliphatic carbocycles. The van der Waals surface area contributed by atoms with Crippen LogP contribution in [0, 0.1) is 0 Å². The number of hydrogen-bond donors (Lipinski definition) is 1. The molecule has 0 bridgehead atoms. The van der Waals surface area contributed by atoms with Gasteiger partial charge in [-0.3, -0.25) is 0 Å². The Morgan fingerprint density at radius 1 is 0.957 bits per heavy atom. The molecule has 1 heterocycles. The van der Waals surface area contributed by atoms with E-state index in [1.165, 1.54) is 22.4 Å². The maximum Gasteiger partial charge on any atom is 0.0612 e. The Balaban J connectivity index is 1.85. The van der Waals surface area contributed by atoms with Crippen molar-refractivity contribution >= 4 is 5.70 Å². The molecule has 2 aromatic rings. The van der Waals surface area contributed by atoms with E-state index >= 15 is 0 Å². The monoisotopic (exact) mass is 308 g/mol. The highest BCUT2D eigenvalue weighted by Crippen LogP contribution is 2.20. The lowest BCUT2D eigenvalue weighted by Gasteiger charge is -2.30. The second kappa shape index (κ2) is 7.95. The van der Waals surface area contributed by atoms with E-state index < -0.39 is 0 Å². The molecule has 0 amide bonds. The number of nitrogens with one attached hydrogen (secondary N) is 1. The molecule has 0 atom stereocenters. The van der Waals surface area contributed by atoms with Crippen molar-refractivity contribution < 1.29 is 4.74 Å². The van der Waals surface area contributed by atoms with Crippen molar-refractivity contribution in [1.82, 2.24) is 10.4 Å². The second-order valence-corrected chi connectivity index (χ2v) is 5.89. The molecule has 0 spiro atoms. The van der Waals surface area contributed by atoms with Crippen LogP contribution in [0.25, 0.3) is 5.70 Å². The van der Waals surface area contributed by atoms with Crippen molar-refractivity contribution in [1.29, 1.82) is 0 Å². The fraction of sp³-hybridized carbons (Fsp3) is 0.300. The van der Waals surface area contributed by atoms with Gasteiger partial charge in [-0.1, -0.05) is 60.7 Å². The molecule has 23 heavy (non-hydrogen) atoms. The summed E-state index contributed by atoms with van der Waals surface area (Å²) in [5.74, 6) is 0. The van der Waals surface area contributed by atoms with Crippen LogP contribution in [0.15, 0.2) is 66.2 Å². The maximum absolute atomic E-state index is 5.45. The first-order valence-electron chi connectivity index (χ1n) is 8.21. The average molecular weight is 308 g/mol. The molecule has 3 heteroatoms. The van der Waals surface area contributed by atoms with Gasteiger partial charge in [0.1, 0.15) is 0 Å². The van der Waals surface area contributed by atoms with E-state index in [2.05, 4.69) is 78.0 Å². The van der Waals surface area contributed by atoms with Gasteiger partial charge in [0.05, 0.1) is 18.9 Å². The molecule has 2 aromatic carbocycles. The van der Waals surface area contributed by atoms with Crippen LogP contribution in [0.1, 0.15) is 18.1 Å². The second-order valence-electron chi connectivity index (χ2n) is 5.89. The normalized spacial score (nSPS) is 16.7. The van der Waals surface area contributed by atoms with Gasteiger partial charge in [0.25, 0.3) is 0 Å². The average Bonchev–Trinajstić information content (AvgIpc) is 2.62. The summed E-state index contributed by atoms with van der Waals surface area (Å²) in [4.78, 5) is 0. The standard InChI is InChI=1S/C20H24N2O/c1-17(16-18-8-4-2-5-9-18)20(19-10-6-3-7-11-19)21-22-12-14-23-15-13-22/h2-11,21H,12-16H2,1H3. The van der Waals surface area contributed by atoms with Crippen LogP contribution in [0.4, 0.5) is 0 Å². The van der Waals surface area contributed by atoms with E-state index in [4.69, 9.17) is 4.74 Å². The molecule has 0 saturated carbocycles. The van der Waals surface area contributed by atoms with Gasteiger partial charge in [0, 0.05) is 13.1 Å². The molecular formula is C20H24N2O. The van der Waals surface area contributed by atoms with Crippen LogP contribution in [0.5, 0.6) is 0 Å². The highest BCUT2D eigenvalue weighted by atomic mass is 16.5. The zero-order valence-electron chi connectivity index (χ0n) is 13.7. The lowest BCUT2D eigenvalue weighted by molar-refractivity contribution is 0.0229. The topological polar surface area (TPSA) is 24.5 Å². The largest absolute Gasteiger partial charge is 0.379 e. The Kier molecular flexibility index (Phi) is 5.46. The molecule has 1 saturated heterocycles. The highest BCUT2D eigenvalue weighted by Gasteiger charge is 2.14. The third-order valence-electron chi connectivity index (χ3n) is 4.08. The molecule has 1 fully saturated rings. The van der Waals surface area contributed by atoms with Crippen LogP contribution in [0.3, 0.4) is 0 Å².